The number of halogens is 1. The van der Waals surface area contributed by atoms with E-state index >= 15 is 0 Å². The van der Waals surface area contributed by atoms with Crippen LogP contribution in [0.5, 0.6) is 17.2 Å². The van der Waals surface area contributed by atoms with Crippen molar-refractivity contribution in [2.75, 3.05) is 0 Å². The second-order valence-electron chi connectivity index (χ2n) is 6.91. The second kappa shape index (κ2) is 9.99. The van der Waals surface area contributed by atoms with E-state index in [1.54, 1.807) is 24.3 Å². The van der Waals surface area contributed by atoms with Crippen molar-refractivity contribution in [3.63, 3.8) is 0 Å². The Bertz CT molecular complexity index is 940. The zero-order chi connectivity index (χ0) is 20.6. The summed E-state index contributed by atoms with van der Waals surface area (Å²) in [6.07, 6.45) is -0.725. The molecule has 29 heavy (non-hydrogen) atoms. The maximum atomic E-state index is 12.6. The summed E-state index contributed by atoms with van der Waals surface area (Å²) in [5.41, 5.74) is 0.831. The highest BCUT2D eigenvalue weighted by Gasteiger charge is 2.26. The fraction of sp³-hybridized carbons (Fsp3) is 0.208. The van der Waals surface area contributed by atoms with Crippen molar-refractivity contribution in [1.82, 2.24) is 0 Å². The number of carbonyl (C=O) groups excluding carboxylic acids is 1. The van der Waals surface area contributed by atoms with Gasteiger partial charge in [-0.3, -0.25) is 0 Å². The molecule has 0 heterocycles. The quantitative estimate of drug-likeness (QED) is 0.410. The van der Waals surface area contributed by atoms with Crippen LogP contribution in [-0.2, 0) is 16.1 Å². The van der Waals surface area contributed by atoms with Gasteiger partial charge in [-0.2, -0.15) is 0 Å². The molecule has 0 spiro atoms. The maximum Gasteiger partial charge on any atom is 0.347 e. The summed E-state index contributed by atoms with van der Waals surface area (Å²) in [5, 5.41) is 0.550. The van der Waals surface area contributed by atoms with Gasteiger partial charge in [0.25, 0.3) is 0 Å². The third kappa shape index (κ3) is 6.26. The summed E-state index contributed by atoms with van der Waals surface area (Å²) in [5.74, 6) is 1.48. The van der Waals surface area contributed by atoms with E-state index in [0.29, 0.717) is 16.5 Å². The lowest BCUT2D eigenvalue weighted by atomic mass is 10.1. The summed E-state index contributed by atoms with van der Waals surface area (Å²) in [4.78, 5) is 12.6. The molecule has 4 nitrogen and oxygen atoms in total. The van der Waals surface area contributed by atoms with Crippen molar-refractivity contribution in [3.8, 4) is 17.2 Å². The highest BCUT2D eigenvalue weighted by molar-refractivity contribution is 6.30. The molecule has 3 aromatic carbocycles. The number of rotatable bonds is 8. The van der Waals surface area contributed by atoms with Gasteiger partial charge in [-0.15, -0.1) is 0 Å². The van der Waals surface area contributed by atoms with Crippen molar-refractivity contribution in [2.24, 2.45) is 5.92 Å². The predicted molar refractivity (Wildman–Crippen MR) is 113 cm³/mol. The second-order valence-corrected chi connectivity index (χ2v) is 7.35. The van der Waals surface area contributed by atoms with Gasteiger partial charge in [-0.05, 0) is 48.0 Å². The Hall–Kier alpha value is -2.98. The largest absolute Gasteiger partial charge is 0.478 e. The summed E-state index contributed by atoms with van der Waals surface area (Å²) < 4.78 is 17.2. The minimum atomic E-state index is -0.725. The first kappa shape index (κ1) is 20.7. The molecule has 0 N–H and O–H groups in total. The predicted octanol–water partition coefficient (Wildman–Crippen LogP) is 6.28. The van der Waals surface area contributed by atoms with Gasteiger partial charge in [0.1, 0.15) is 23.9 Å². The Labute approximate surface area is 176 Å². The minimum Gasteiger partial charge on any atom is -0.478 e. The number of hydrogen-bond donors (Lipinski definition) is 0. The average Bonchev–Trinajstić information content (AvgIpc) is 2.71. The molecule has 0 amide bonds. The molecule has 3 rings (SSSR count). The molecule has 0 saturated carbocycles. The van der Waals surface area contributed by atoms with E-state index in [-0.39, 0.29) is 12.5 Å². The number of para-hydroxylation sites is 1. The van der Waals surface area contributed by atoms with Crippen LogP contribution in [0.2, 0.25) is 5.02 Å². The van der Waals surface area contributed by atoms with Gasteiger partial charge in [-0.1, -0.05) is 61.8 Å². The standard InChI is InChI=1S/C24H23ClO4/c1-17(2)23(29-22-13-7-9-19(25)15-22)24(26)27-16-18-8-6-12-21(14-18)28-20-10-4-3-5-11-20/h3-15,17,23H,16H2,1-2H3. The van der Waals surface area contributed by atoms with Gasteiger partial charge in [0, 0.05) is 10.9 Å². The van der Waals surface area contributed by atoms with Crippen molar-refractivity contribution in [1.29, 1.82) is 0 Å². The number of benzene rings is 3. The molecule has 5 heteroatoms. The molecule has 150 valence electrons. The molecule has 1 unspecified atom stereocenters. The molecule has 0 bridgehead atoms. The molecule has 0 aliphatic carbocycles. The SMILES string of the molecule is CC(C)C(Oc1cccc(Cl)c1)C(=O)OCc1cccc(Oc2ccccc2)c1. The number of ether oxygens (including phenoxy) is 3. The van der Waals surface area contributed by atoms with E-state index in [1.165, 1.54) is 0 Å². The zero-order valence-corrected chi connectivity index (χ0v) is 17.1. The van der Waals surface area contributed by atoms with Crippen LogP contribution in [0.4, 0.5) is 0 Å². The average molecular weight is 411 g/mol. The number of carbonyl (C=O) groups is 1. The molecule has 0 aromatic heterocycles. The van der Waals surface area contributed by atoms with E-state index in [9.17, 15) is 4.79 Å². The van der Waals surface area contributed by atoms with E-state index in [0.717, 1.165) is 11.3 Å². The Morgan fingerprint density at radius 2 is 1.55 bits per heavy atom. The lowest BCUT2D eigenvalue weighted by Gasteiger charge is -2.21. The van der Waals surface area contributed by atoms with Crippen LogP contribution in [0.15, 0.2) is 78.9 Å². The minimum absolute atomic E-state index is 0.0609. The van der Waals surface area contributed by atoms with Crippen LogP contribution < -0.4 is 9.47 Å². The van der Waals surface area contributed by atoms with Gasteiger partial charge in [0.15, 0.2) is 6.10 Å². The van der Waals surface area contributed by atoms with Crippen molar-refractivity contribution in [3.05, 3.63) is 89.4 Å². The summed E-state index contributed by atoms with van der Waals surface area (Å²) >= 11 is 5.99. The third-order valence-electron chi connectivity index (χ3n) is 4.16. The summed E-state index contributed by atoms with van der Waals surface area (Å²) in [7, 11) is 0. The number of hydrogen-bond acceptors (Lipinski definition) is 4. The Morgan fingerprint density at radius 3 is 2.28 bits per heavy atom. The van der Waals surface area contributed by atoms with Crippen molar-refractivity contribution >= 4 is 17.6 Å². The molecular formula is C24H23ClO4. The first-order valence-electron chi connectivity index (χ1n) is 9.42. The zero-order valence-electron chi connectivity index (χ0n) is 16.4. The van der Waals surface area contributed by atoms with Gasteiger partial charge in [0.05, 0.1) is 0 Å². The lowest BCUT2D eigenvalue weighted by molar-refractivity contribution is -0.155. The summed E-state index contributed by atoms with van der Waals surface area (Å²) in [6.45, 7) is 3.95. The highest BCUT2D eigenvalue weighted by atomic mass is 35.5. The van der Waals surface area contributed by atoms with E-state index in [2.05, 4.69) is 0 Å². The smallest absolute Gasteiger partial charge is 0.347 e. The van der Waals surface area contributed by atoms with Gasteiger partial charge in [-0.25, -0.2) is 4.79 Å². The van der Waals surface area contributed by atoms with Crippen LogP contribution in [0.25, 0.3) is 0 Å². The third-order valence-corrected chi connectivity index (χ3v) is 4.39. The molecule has 0 radical (unpaired) electrons. The van der Waals surface area contributed by atoms with Crippen LogP contribution in [0, 0.1) is 5.92 Å². The van der Waals surface area contributed by atoms with Crippen LogP contribution in [0.1, 0.15) is 19.4 Å². The molecule has 1 atom stereocenters. The molecule has 0 aliphatic rings. The molecule has 0 aliphatic heterocycles. The van der Waals surface area contributed by atoms with Gasteiger partial charge >= 0.3 is 5.97 Å². The van der Waals surface area contributed by atoms with Crippen LogP contribution in [-0.4, -0.2) is 12.1 Å². The first-order valence-corrected chi connectivity index (χ1v) is 9.80. The Morgan fingerprint density at radius 1 is 0.862 bits per heavy atom. The lowest BCUT2D eigenvalue weighted by Crippen LogP contribution is -2.34. The Kier molecular flexibility index (Phi) is 7.14. The molecule has 0 saturated heterocycles. The topological polar surface area (TPSA) is 44.8 Å². The normalized spacial score (nSPS) is 11.7. The van der Waals surface area contributed by atoms with Crippen molar-refractivity contribution in [2.45, 2.75) is 26.6 Å². The molecule has 0 fully saturated rings. The molecule has 3 aromatic rings. The fourth-order valence-corrected chi connectivity index (χ4v) is 2.88. The van der Waals surface area contributed by atoms with Crippen molar-refractivity contribution < 1.29 is 19.0 Å². The monoisotopic (exact) mass is 410 g/mol. The van der Waals surface area contributed by atoms with Crippen LogP contribution in [0.3, 0.4) is 0 Å². The highest BCUT2D eigenvalue weighted by Crippen LogP contribution is 2.23. The Balaban J connectivity index is 1.61. The fourth-order valence-electron chi connectivity index (χ4n) is 2.70. The van der Waals surface area contributed by atoms with Gasteiger partial charge in [0.2, 0.25) is 0 Å². The van der Waals surface area contributed by atoms with Crippen LogP contribution >= 0.6 is 11.6 Å². The molecular weight excluding hydrogens is 388 g/mol. The number of esters is 1. The van der Waals surface area contributed by atoms with E-state index < -0.39 is 12.1 Å². The first-order chi connectivity index (χ1) is 14.0. The maximum absolute atomic E-state index is 12.6. The van der Waals surface area contributed by atoms with E-state index in [1.807, 2.05) is 68.4 Å². The van der Waals surface area contributed by atoms with Gasteiger partial charge < -0.3 is 14.2 Å². The van der Waals surface area contributed by atoms with E-state index in [4.69, 9.17) is 25.8 Å². The summed E-state index contributed by atoms with van der Waals surface area (Å²) in [6, 6.07) is 23.9.